The van der Waals surface area contributed by atoms with Crippen molar-refractivity contribution in [3.05, 3.63) is 54.0 Å². The molecular weight excluding hydrogens is 364 g/mol. The minimum absolute atomic E-state index is 0.193. The molecule has 0 saturated heterocycles. The van der Waals surface area contributed by atoms with Crippen LogP contribution in [-0.2, 0) is 16.9 Å². The van der Waals surface area contributed by atoms with Gasteiger partial charge in [0, 0.05) is 28.1 Å². The van der Waals surface area contributed by atoms with E-state index in [0.717, 1.165) is 15.4 Å². The maximum atomic E-state index is 11.6. The first-order chi connectivity index (χ1) is 12.9. The lowest BCUT2D eigenvalue weighted by atomic mass is 10.1. The second kappa shape index (κ2) is 7.98. The molecule has 7 nitrogen and oxygen atoms in total. The minimum atomic E-state index is -1.10. The van der Waals surface area contributed by atoms with Crippen LogP contribution in [0.2, 0.25) is 0 Å². The number of fused-ring (bicyclic) bond motifs is 1. The molecule has 0 saturated carbocycles. The number of carbonyl (C=O) groups is 1. The predicted octanol–water partition coefficient (Wildman–Crippen LogP) is 3.35. The third-order valence-electron chi connectivity index (χ3n) is 3.80. The Kier molecular flexibility index (Phi) is 5.67. The molecular formula is C19H22N4O3S. The van der Waals surface area contributed by atoms with Crippen LogP contribution in [0.5, 0.6) is 0 Å². The van der Waals surface area contributed by atoms with Crippen LogP contribution in [0, 0.1) is 0 Å². The average Bonchev–Trinajstić information content (AvgIpc) is 3.05. The normalized spacial score (nSPS) is 11.6. The molecule has 3 rings (SSSR count). The highest BCUT2D eigenvalue weighted by molar-refractivity contribution is 7.99. The lowest BCUT2D eigenvalue weighted by molar-refractivity contribution is 0.0676. The van der Waals surface area contributed by atoms with Crippen molar-refractivity contribution in [1.82, 2.24) is 19.9 Å². The summed E-state index contributed by atoms with van der Waals surface area (Å²) in [6, 6.07) is 11.6. The SMILES string of the molecule is CCNC(=O)OCc1ccccc1Sc1ccc2nnc(C(C)(C)O)n2c1. The molecule has 0 bridgehead atoms. The van der Waals surface area contributed by atoms with Gasteiger partial charge in [0.2, 0.25) is 0 Å². The standard InChI is InChI=1S/C19H22N4O3S/c1-4-20-18(24)26-12-13-7-5-6-8-15(13)27-14-9-10-16-21-22-17(19(2,3)25)23(16)11-14/h5-11,25H,4,12H2,1-3H3,(H,20,24). The molecule has 142 valence electrons. The lowest BCUT2D eigenvalue weighted by Crippen LogP contribution is -2.23. The molecule has 0 spiro atoms. The fourth-order valence-electron chi connectivity index (χ4n) is 2.54. The Morgan fingerprint density at radius 2 is 2.04 bits per heavy atom. The molecule has 1 aromatic carbocycles. The van der Waals surface area contributed by atoms with Gasteiger partial charge in [-0.15, -0.1) is 10.2 Å². The molecule has 1 amide bonds. The van der Waals surface area contributed by atoms with Crippen molar-refractivity contribution >= 4 is 23.5 Å². The summed E-state index contributed by atoms with van der Waals surface area (Å²) in [7, 11) is 0. The Bertz CT molecular complexity index is 950. The van der Waals surface area contributed by atoms with Gasteiger partial charge in [-0.3, -0.25) is 4.40 Å². The molecule has 0 aliphatic heterocycles. The number of nitrogens with zero attached hydrogens (tertiary/aromatic N) is 3. The number of nitrogens with one attached hydrogen (secondary N) is 1. The van der Waals surface area contributed by atoms with Crippen molar-refractivity contribution in [2.24, 2.45) is 0 Å². The van der Waals surface area contributed by atoms with Crippen molar-refractivity contribution in [3.63, 3.8) is 0 Å². The Morgan fingerprint density at radius 3 is 2.78 bits per heavy atom. The zero-order chi connectivity index (χ0) is 19.4. The Balaban J connectivity index is 1.84. The minimum Gasteiger partial charge on any atom is -0.445 e. The molecule has 0 aliphatic rings. The van der Waals surface area contributed by atoms with Gasteiger partial charge >= 0.3 is 6.09 Å². The predicted molar refractivity (Wildman–Crippen MR) is 103 cm³/mol. The maximum Gasteiger partial charge on any atom is 0.407 e. The molecule has 0 aliphatic carbocycles. The number of rotatable bonds is 6. The van der Waals surface area contributed by atoms with Crippen molar-refractivity contribution < 1.29 is 14.6 Å². The molecule has 0 radical (unpaired) electrons. The molecule has 8 heteroatoms. The fraction of sp³-hybridized carbons (Fsp3) is 0.316. The largest absolute Gasteiger partial charge is 0.445 e. The number of hydrogen-bond donors (Lipinski definition) is 2. The first-order valence-electron chi connectivity index (χ1n) is 8.62. The van der Waals surface area contributed by atoms with E-state index in [1.807, 2.05) is 49.5 Å². The van der Waals surface area contributed by atoms with Crippen LogP contribution >= 0.6 is 11.8 Å². The average molecular weight is 386 g/mol. The number of benzene rings is 1. The molecule has 2 heterocycles. The topological polar surface area (TPSA) is 88.8 Å². The summed E-state index contributed by atoms with van der Waals surface area (Å²) < 4.78 is 7.03. The third kappa shape index (κ3) is 4.58. The summed E-state index contributed by atoms with van der Waals surface area (Å²) in [6.07, 6.45) is 1.47. The van der Waals surface area contributed by atoms with Gasteiger partial charge in [0.1, 0.15) is 12.2 Å². The van der Waals surface area contributed by atoms with Crippen LogP contribution in [-0.4, -0.2) is 32.3 Å². The smallest absolute Gasteiger partial charge is 0.407 e. The highest BCUT2D eigenvalue weighted by atomic mass is 32.2. The first-order valence-corrected chi connectivity index (χ1v) is 9.44. The summed E-state index contributed by atoms with van der Waals surface area (Å²) in [5.74, 6) is 0.479. The molecule has 0 unspecified atom stereocenters. The van der Waals surface area contributed by atoms with E-state index in [2.05, 4.69) is 15.5 Å². The Morgan fingerprint density at radius 1 is 1.26 bits per heavy atom. The lowest BCUT2D eigenvalue weighted by Gasteiger charge is -2.15. The summed E-state index contributed by atoms with van der Waals surface area (Å²) in [6.45, 7) is 5.92. The number of carbonyl (C=O) groups excluding carboxylic acids is 1. The second-order valence-electron chi connectivity index (χ2n) is 6.49. The number of ether oxygens (including phenoxy) is 1. The summed E-state index contributed by atoms with van der Waals surface area (Å²) in [5, 5.41) is 21.1. The molecule has 2 aromatic heterocycles. The first kappa shape index (κ1) is 19.2. The number of hydrogen-bond acceptors (Lipinski definition) is 6. The van der Waals surface area contributed by atoms with Crippen LogP contribution in [0.25, 0.3) is 5.65 Å². The van der Waals surface area contributed by atoms with E-state index in [0.29, 0.717) is 18.0 Å². The fourth-order valence-corrected chi connectivity index (χ4v) is 3.49. The summed E-state index contributed by atoms with van der Waals surface area (Å²) >= 11 is 1.55. The van der Waals surface area contributed by atoms with E-state index in [9.17, 15) is 9.90 Å². The number of aromatic nitrogens is 3. The number of aliphatic hydroxyl groups is 1. The van der Waals surface area contributed by atoms with Gasteiger partial charge in [-0.25, -0.2) is 4.79 Å². The van der Waals surface area contributed by atoms with Gasteiger partial charge in [0.15, 0.2) is 11.5 Å². The maximum absolute atomic E-state index is 11.6. The van der Waals surface area contributed by atoms with E-state index < -0.39 is 11.7 Å². The monoisotopic (exact) mass is 386 g/mol. The van der Waals surface area contributed by atoms with Gasteiger partial charge in [-0.1, -0.05) is 30.0 Å². The van der Waals surface area contributed by atoms with E-state index in [-0.39, 0.29) is 6.61 Å². The van der Waals surface area contributed by atoms with Gasteiger partial charge in [-0.05, 0) is 39.0 Å². The molecule has 0 fully saturated rings. The summed E-state index contributed by atoms with van der Waals surface area (Å²) in [4.78, 5) is 13.5. The van der Waals surface area contributed by atoms with Crippen LogP contribution in [0.1, 0.15) is 32.2 Å². The third-order valence-corrected chi connectivity index (χ3v) is 4.90. The van der Waals surface area contributed by atoms with Crippen molar-refractivity contribution in [3.8, 4) is 0 Å². The molecule has 27 heavy (non-hydrogen) atoms. The zero-order valence-electron chi connectivity index (χ0n) is 15.5. The highest BCUT2D eigenvalue weighted by Gasteiger charge is 2.23. The Hall–Kier alpha value is -2.58. The zero-order valence-corrected chi connectivity index (χ0v) is 16.3. The highest BCUT2D eigenvalue weighted by Crippen LogP contribution is 2.31. The van der Waals surface area contributed by atoms with Crippen LogP contribution in [0.15, 0.2) is 52.4 Å². The van der Waals surface area contributed by atoms with Crippen molar-refractivity contribution in [2.75, 3.05) is 6.54 Å². The van der Waals surface area contributed by atoms with Crippen LogP contribution in [0.3, 0.4) is 0 Å². The van der Waals surface area contributed by atoms with Crippen LogP contribution in [0.4, 0.5) is 4.79 Å². The molecule has 2 N–H and O–H groups in total. The van der Waals surface area contributed by atoms with Gasteiger partial charge in [0.05, 0.1) is 0 Å². The van der Waals surface area contributed by atoms with E-state index in [1.54, 1.807) is 30.0 Å². The summed E-state index contributed by atoms with van der Waals surface area (Å²) in [5.41, 5.74) is 0.491. The molecule has 3 aromatic rings. The van der Waals surface area contributed by atoms with E-state index in [4.69, 9.17) is 4.74 Å². The second-order valence-corrected chi connectivity index (χ2v) is 7.61. The number of pyridine rings is 1. The van der Waals surface area contributed by atoms with E-state index in [1.165, 1.54) is 0 Å². The van der Waals surface area contributed by atoms with Crippen molar-refractivity contribution in [2.45, 2.75) is 42.8 Å². The number of alkyl carbamates (subject to hydrolysis) is 1. The van der Waals surface area contributed by atoms with Gasteiger partial charge < -0.3 is 15.2 Å². The quantitative estimate of drug-likeness (QED) is 0.675. The number of amides is 1. The van der Waals surface area contributed by atoms with Gasteiger partial charge in [0.25, 0.3) is 0 Å². The van der Waals surface area contributed by atoms with Crippen molar-refractivity contribution in [1.29, 1.82) is 0 Å². The van der Waals surface area contributed by atoms with Crippen LogP contribution < -0.4 is 5.32 Å². The molecule has 0 atom stereocenters. The van der Waals surface area contributed by atoms with Gasteiger partial charge in [-0.2, -0.15) is 0 Å². The van der Waals surface area contributed by atoms with E-state index >= 15 is 0 Å². The Labute approximate surface area is 161 Å².